The molecule has 1 saturated heterocycles. The third kappa shape index (κ3) is 2.06. The van der Waals surface area contributed by atoms with Gasteiger partial charge in [-0.1, -0.05) is 30.3 Å². The van der Waals surface area contributed by atoms with Gasteiger partial charge in [-0.3, -0.25) is 4.68 Å². The summed E-state index contributed by atoms with van der Waals surface area (Å²) < 4.78 is 24.9. The largest absolute Gasteiger partial charge is 0.261 e. The lowest BCUT2D eigenvalue weighted by Gasteiger charge is -2.13. The third-order valence-electron chi connectivity index (χ3n) is 3.29. The van der Waals surface area contributed by atoms with Crippen molar-refractivity contribution < 1.29 is 8.42 Å². The van der Waals surface area contributed by atoms with Crippen LogP contribution in [0, 0.1) is 0 Å². The van der Waals surface area contributed by atoms with Crippen LogP contribution in [0.25, 0.3) is 11.3 Å². The lowest BCUT2D eigenvalue weighted by Crippen LogP contribution is -2.13. The number of aromatic nitrogens is 2. The minimum atomic E-state index is -2.88. The minimum Gasteiger partial charge on any atom is -0.261 e. The fourth-order valence-electron chi connectivity index (χ4n) is 2.41. The Bertz CT molecular complexity index is 647. The number of benzene rings is 1. The van der Waals surface area contributed by atoms with Crippen molar-refractivity contribution in [2.24, 2.45) is 0 Å². The van der Waals surface area contributed by atoms with Gasteiger partial charge in [0.15, 0.2) is 9.84 Å². The first-order valence-corrected chi connectivity index (χ1v) is 7.77. The molecule has 0 unspecified atom stereocenters. The highest BCUT2D eigenvalue weighted by molar-refractivity contribution is 7.91. The van der Waals surface area contributed by atoms with E-state index in [1.807, 2.05) is 41.1 Å². The monoisotopic (exact) mass is 262 g/mol. The molecule has 2 heterocycles. The first-order chi connectivity index (χ1) is 8.66. The Balaban J connectivity index is 1.98. The molecule has 0 amide bonds. The van der Waals surface area contributed by atoms with E-state index in [0.29, 0.717) is 6.42 Å². The lowest BCUT2D eigenvalue weighted by atomic mass is 10.1. The van der Waals surface area contributed by atoms with Crippen LogP contribution in [0.5, 0.6) is 0 Å². The second-order valence-corrected chi connectivity index (χ2v) is 6.81. The molecule has 0 spiro atoms. The van der Waals surface area contributed by atoms with Crippen molar-refractivity contribution in [1.29, 1.82) is 0 Å². The van der Waals surface area contributed by atoms with E-state index in [0.717, 1.165) is 11.3 Å². The topological polar surface area (TPSA) is 52.0 Å². The Labute approximate surface area is 106 Å². The maximum atomic E-state index is 11.5. The molecule has 3 rings (SSSR count). The lowest BCUT2D eigenvalue weighted by molar-refractivity contribution is 0.505. The van der Waals surface area contributed by atoms with Crippen LogP contribution in [0.4, 0.5) is 0 Å². The minimum absolute atomic E-state index is 0.0276. The molecule has 0 radical (unpaired) electrons. The van der Waals surface area contributed by atoms with Crippen LogP contribution in [-0.4, -0.2) is 29.7 Å². The summed E-state index contributed by atoms with van der Waals surface area (Å²) in [6.07, 6.45) is 2.39. The maximum Gasteiger partial charge on any atom is 0.152 e. The summed E-state index contributed by atoms with van der Waals surface area (Å²) in [5, 5.41) is 4.29. The molecule has 1 aromatic carbocycles. The van der Waals surface area contributed by atoms with Gasteiger partial charge < -0.3 is 0 Å². The van der Waals surface area contributed by atoms with Gasteiger partial charge in [0.25, 0.3) is 0 Å². The summed E-state index contributed by atoms with van der Waals surface area (Å²) in [6.45, 7) is 0. The molecular formula is C13H14N2O2S. The molecule has 1 aliphatic heterocycles. The van der Waals surface area contributed by atoms with Crippen LogP contribution >= 0.6 is 0 Å². The zero-order valence-electron chi connectivity index (χ0n) is 9.86. The summed E-state index contributed by atoms with van der Waals surface area (Å²) in [4.78, 5) is 0. The second-order valence-electron chi connectivity index (χ2n) is 4.58. The smallest absolute Gasteiger partial charge is 0.152 e. The summed E-state index contributed by atoms with van der Waals surface area (Å²) in [7, 11) is -2.88. The zero-order valence-corrected chi connectivity index (χ0v) is 10.7. The Morgan fingerprint density at radius 2 is 1.94 bits per heavy atom. The first-order valence-electron chi connectivity index (χ1n) is 5.95. The van der Waals surface area contributed by atoms with Crippen molar-refractivity contribution in [2.75, 3.05) is 11.5 Å². The highest BCUT2D eigenvalue weighted by atomic mass is 32.2. The Kier molecular flexibility index (Phi) is 2.70. The molecule has 94 valence electrons. The highest BCUT2D eigenvalue weighted by Crippen LogP contribution is 2.28. The number of hydrogen-bond acceptors (Lipinski definition) is 3. The molecule has 4 nitrogen and oxygen atoms in total. The summed E-state index contributed by atoms with van der Waals surface area (Å²) >= 11 is 0. The average molecular weight is 262 g/mol. The standard InChI is InChI=1S/C13H14N2O2S/c16-18(17)9-7-12(10-18)15-13(6-8-14-15)11-4-2-1-3-5-11/h1-6,8,12H,7,9-10H2/t12-/m1/s1. The Hall–Kier alpha value is -1.62. The van der Waals surface area contributed by atoms with Crippen molar-refractivity contribution in [3.63, 3.8) is 0 Å². The number of hydrogen-bond donors (Lipinski definition) is 0. The third-order valence-corrected chi connectivity index (χ3v) is 5.04. The molecule has 5 heteroatoms. The average Bonchev–Trinajstić information content (AvgIpc) is 2.96. The van der Waals surface area contributed by atoms with Gasteiger partial charge in [-0.05, 0) is 18.1 Å². The highest BCUT2D eigenvalue weighted by Gasteiger charge is 2.30. The van der Waals surface area contributed by atoms with Gasteiger partial charge in [0.1, 0.15) is 0 Å². The molecule has 1 fully saturated rings. The molecule has 1 aromatic heterocycles. The summed E-state index contributed by atoms with van der Waals surface area (Å²) in [6, 6.07) is 11.8. The van der Waals surface area contributed by atoms with Crippen LogP contribution in [0.3, 0.4) is 0 Å². The molecule has 1 aliphatic rings. The first kappa shape index (κ1) is 11.5. The zero-order chi connectivity index (χ0) is 12.6. The van der Waals surface area contributed by atoms with Crippen molar-refractivity contribution in [2.45, 2.75) is 12.5 Å². The van der Waals surface area contributed by atoms with Crippen LogP contribution in [0.1, 0.15) is 12.5 Å². The van der Waals surface area contributed by atoms with Gasteiger partial charge in [0.05, 0.1) is 23.2 Å². The Morgan fingerprint density at radius 1 is 1.17 bits per heavy atom. The van der Waals surface area contributed by atoms with E-state index < -0.39 is 9.84 Å². The van der Waals surface area contributed by atoms with Crippen LogP contribution in [0.15, 0.2) is 42.6 Å². The van der Waals surface area contributed by atoms with Gasteiger partial charge in [-0.15, -0.1) is 0 Å². The molecule has 18 heavy (non-hydrogen) atoms. The molecule has 0 aliphatic carbocycles. The van der Waals surface area contributed by atoms with Gasteiger partial charge in [-0.25, -0.2) is 8.42 Å². The van der Waals surface area contributed by atoms with Crippen LogP contribution in [0.2, 0.25) is 0 Å². The van der Waals surface area contributed by atoms with Gasteiger partial charge in [0, 0.05) is 6.20 Å². The van der Waals surface area contributed by atoms with Crippen molar-refractivity contribution >= 4 is 9.84 Å². The molecule has 1 atom stereocenters. The predicted octanol–water partition coefficient (Wildman–Crippen LogP) is 1.91. The van der Waals surface area contributed by atoms with Gasteiger partial charge in [-0.2, -0.15) is 5.10 Å². The van der Waals surface area contributed by atoms with Crippen LogP contribution in [-0.2, 0) is 9.84 Å². The summed E-state index contributed by atoms with van der Waals surface area (Å²) in [5.41, 5.74) is 2.05. The van der Waals surface area contributed by atoms with Crippen LogP contribution < -0.4 is 0 Å². The molecule has 0 bridgehead atoms. The molecule has 0 N–H and O–H groups in total. The normalized spacial score (nSPS) is 22.1. The van der Waals surface area contributed by atoms with E-state index in [-0.39, 0.29) is 17.5 Å². The summed E-state index contributed by atoms with van der Waals surface area (Å²) in [5.74, 6) is 0.472. The quantitative estimate of drug-likeness (QED) is 0.830. The van der Waals surface area contributed by atoms with E-state index in [4.69, 9.17) is 0 Å². The molecule has 2 aromatic rings. The van der Waals surface area contributed by atoms with E-state index >= 15 is 0 Å². The molecular weight excluding hydrogens is 248 g/mol. The van der Waals surface area contributed by atoms with E-state index in [1.54, 1.807) is 6.20 Å². The van der Waals surface area contributed by atoms with Crippen molar-refractivity contribution in [3.05, 3.63) is 42.6 Å². The fourth-order valence-corrected chi connectivity index (χ4v) is 4.10. The van der Waals surface area contributed by atoms with Crippen molar-refractivity contribution in [3.8, 4) is 11.3 Å². The van der Waals surface area contributed by atoms with Crippen molar-refractivity contribution in [1.82, 2.24) is 9.78 Å². The second kappa shape index (κ2) is 4.24. The fraction of sp³-hybridized carbons (Fsp3) is 0.308. The number of sulfone groups is 1. The number of nitrogens with zero attached hydrogens (tertiary/aromatic N) is 2. The predicted molar refractivity (Wildman–Crippen MR) is 70.0 cm³/mol. The van der Waals surface area contributed by atoms with Gasteiger partial charge in [0.2, 0.25) is 0 Å². The van der Waals surface area contributed by atoms with Gasteiger partial charge >= 0.3 is 0 Å². The number of rotatable bonds is 2. The van der Waals surface area contributed by atoms with E-state index in [1.165, 1.54) is 0 Å². The van der Waals surface area contributed by atoms with E-state index in [2.05, 4.69) is 5.10 Å². The molecule has 0 saturated carbocycles. The van der Waals surface area contributed by atoms with E-state index in [9.17, 15) is 8.42 Å². The Morgan fingerprint density at radius 3 is 2.61 bits per heavy atom. The maximum absolute atomic E-state index is 11.5. The SMILES string of the molecule is O=S1(=O)CC[C@@H](n2nccc2-c2ccccc2)C1.